The molecule has 0 unspecified atom stereocenters. The maximum Gasteiger partial charge on any atom is 0.433 e. The van der Waals surface area contributed by atoms with E-state index in [1.165, 1.54) is 18.2 Å². The van der Waals surface area contributed by atoms with E-state index in [-0.39, 0.29) is 5.69 Å². The molecule has 0 spiro atoms. The van der Waals surface area contributed by atoms with Gasteiger partial charge in [-0.1, -0.05) is 12.1 Å². The number of nitrogens with zero attached hydrogens (tertiary/aromatic N) is 2. The Kier molecular flexibility index (Phi) is 3.11. The number of hydrogen-bond donors (Lipinski definition) is 1. The molecule has 0 atom stereocenters. The van der Waals surface area contributed by atoms with E-state index in [1.54, 1.807) is 0 Å². The summed E-state index contributed by atoms with van der Waals surface area (Å²) in [6.07, 6.45) is -3.72. The molecular formula is C10H8F3N3O2S. The zero-order chi connectivity index (χ0) is 14.3. The zero-order valence-electron chi connectivity index (χ0n) is 9.29. The third-order valence-corrected chi connectivity index (χ3v) is 3.29. The Morgan fingerprint density at radius 2 is 1.79 bits per heavy atom. The van der Waals surface area contributed by atoms with Gasteiger partial charge in [0.1, 0.15) is 10.6 Å². The van der Waals surface area contributed by atoms with Gasteiger partial charge in [0.15, 0.2) is 0 Å². The maximum atomic E-state index is 12.8. The molecule has 0 bridgehead atoms. The molecule has 0 radical (unpaired) electrons. The Morgan fingerprint density at radius 1 is 1.16 bits per heavy atom. The molecule has 0 aliphatic rings. The summed E-state index contributed by atoms with van der Waals surface area (Å²) in [5.74, 6) is 0. The van der Waals surface area contributed by atoms with Crippen LogP contribution >= 0.6 is 0 Å². The van der Waals surface area contributed by atoms with E-state index >= 15 is 0 Å². The average Bonchev–Trinajstić information content (AvgIpc) is 2.76. The lowest BCUT2D eigenvalue weighted by Gasteiger charge is -2.12. The molecule has 19 heavy (non-hydrogen) atoms. The van der Waals surface area contributed by atoms with Gasteiger partial charge in [0.05, 0.1) is 11.9 Å². The maximum absolute atomic E-state index is 12.8. The SMILES string of the molecule is NS(=O)(=O)c1ccccc1-n1nccc1C(F)(F)F. The Balaban J connectivity index is 2.72. The minimum Gasteiger partial charge on any atom is -0.227 e. The van der Waals surface area contributed by atoms with Crippen LogP contribution in [0.1, 0.15) is 5.69 Å². The first-order valence-corrected chi connectivity index (χ1v) is 6.49. The predicted octanol–water partition coefficient (Wildman–Crippen LogP) is 1.54. The number of para-hydroxylation sites is 1. The predicted molar refractivity (Wildman–Crippen MR) is 59.9 cm³/mol. The van der Waals surface area contributed by atoms with Crippen LogP contribution < -0.4 is 5.14 Å². The molecule has 2 N–H and O–H groups in total. The van der Waals surface area contributed by atoms with Crippen LogP contribution in [-0.4, -0.2) is 18.2 Å². The van der Waals surface area contributed by atoms with Gasteiger partial charge in [-0.05, 0) is 18.2 Å². The number of alkyl halides is 3. The quantitative estimate of drug-likeness (QED) is 0.911. The molecule has 0 amide bonds. The summed E-state index contributed by atoms with van der Waals surface area (Å²) in [5, 5.41) is 8.48. The van der Waals surface area contributed by atoms with Gasteiger partial charge >= 0.3 is 6.18 Å². The number of hydrogen-bond acceptors (Lipinski definition) is 3. The Labute approximate surface area is 106 Å². The highest BCUT2D eigenvalue weighted by Crippen LogP contribution is 2.31. The second kappa shape index (κ2) is 4.35. The monoisotopic (exact) mass is 291 g/mol. The van der Waals surface area contributed by atoms with Crippen LogP contribution in [0, 0.1) is 0 Å². The Bertz CT molecular complexity index is 707. The Morgan fingerprint density at radius 3 is 2.37 bits per heavy atom. The van der Waals surface area contributed by atoms with Crippen molar-refractivity contribution in [3.63, 3.8) is 0 Å². The molecule has 2 aromatic rings. The first kappa shape index (κ1) is 13.6. The molecule has 2 rings (SSSR count). The highest BCUT2D eigenvalue weighted by Gasteiger charge is 2.36. The van der Waals surface area contributed by atoms with Crippen LogP contribution in [0.3, 0.4) is 0 Å². The van der Waals surface area contributed by atoms with Gasteiger partial charge in [-0.25, -0.2) is 18.2 Å². The van der Waals surface area contributed by atoms with Crippen molar-refractivity contribution in [2.75, 3.05) is 0 Å². The fourth-order valence-electron chi connectivity index (χ4n) is 1.58. The van der Waals surface area contributed by atoms with Gasteiger partial charge in [0.25, 0.3) is 0 Å². The normalized spacial score (nSPS) is 12.6. The van der Waals surface area contributed by atoms with Gasteiger partial charge in [-0.3, -0.25) is 0 Å². The molecule has 102 valence electrons. The number of sulfonamides is 1. The van der Waals surface area contributed by atoms with E-state index < -0.39 is 26.8 Å². The second-order valence-electron chi connectivity index (χ2n) is 3.64. The molecule has 0 fully saturated rings. The lowest BCUT2D eigenvalue weighted by atomic mass is 10.3. The molecule has 5 nitrogen and oxygen atoms in total. The first-order chi connectivity index (χ1) is 8.71. The van der Waals surface area contributed by atoms with Crippen molar-refractivity contribution in [1.29, 1.82) is 0 Å². The number of aromatic nitrogens is 2. The highest BCUT2D eigenvalue weighted by molar-refractivity contribution is 7.89. The third-order valence-electron chi connectivity index (χ3n) is 2.33. The number of nitrogens with two attached hydrogens (primary N) is 1. The molecule has 1 aromatic heterocycles. The van der Waals surface area contributed by atoms with Crippen LogP contribution in [0.2, 0.25) is 0 Å². The van der Waals surface area contributed by atoms with Crippen molar-refractivity contribution in [1.82, 2.24) is 9.78 Å². The lowest BCUT2D eigenvalue weighted by Crippen LogP contribution is -2.19. The molecule has 0 aliphatic carbocycles. The molecule has 0 saturated carbocycles. The van der Waals surface area contributed by atoms with Gasteiger partial charge in [-0.15, -0.1) is 0 Å². The summed E-state index contributed by atoms with van der Waals surface area (Å²) in [4.78, 5) is -0.427. The van der Waals surface area contributed by atoms with Crippen LogP contribution in [0.4, 0.5) is 13.2 Å². The second-order valence-corrected chi connectivity index (χ2v) is 5.17. The summed E-state index contributed by atoms with van der Waals surface area (Å²) in [7, 11) is -4.15. The van der Waals surface area contributed by atoms with Gasteiger partial charge in [-0.2, -0.15) is 18.3 Å². The van der Waals surface area contributed by atoms with E-state index in [9.17, 15) is 21.6 Å². The van der Waals surface area contributed by atoms with Gasteiger partial charge < -0.3 is 0 Å². The third kappa shape index (κ3) is 2.61. The van der Waals surface area contributed by atoms with Crippen LogP contribution in [0.25, 0.3) is 5.69 Å². The van der Waals surface area contributed by atoms with Gasteiger partial charge in [0.2, 0.25) is 10.0 Å². The molecule has 9 heteroatoms. The fraction of sp³-hybridized carbons (Fsp3) is 0.100. The Hall–Kier alpha value is -1.87. The summed E-state index contributed by atoms with van der Waals surface area (Å²) < 4.78 is 61.5. The van der Waals surface area contributed by atoms with E-state index in [2.05, 4.69) is 5.10 Å². The molecule has 0 saturated heterocycles. The fourth-order valence-corrected chi connectivity index (χ4v) is 2.30. The minimum absolute atomic E-state index is 0.248. The van der Waals surface area contributed by atoms with E-state index in [0.29, 0.717) is 4.68 Å². The zero-order valence-corrected chi connectivity index (χ0v) is 10.1. The van der Waals surface area contributed by atoms with Crippen molar-refractivity contribution >= 4 is 10.0 Å². The van der Waals surface area contributed by atoms with Crippen molar-refractivity contribution in [2.45, 2.75) is 11.1 Å². The number of rotatable bonds is 2. The van der Waals surface area contributed by atoms with E-state index in [4.69, 9.17) is 5.14 Å². The largest absolute Gasteiger partial charge is 0.433 e. The smallest absolute Gasteiger partial charge is 0.227 e. The summed E-state index contributed by atoms with van der Waals surface area (Å²) >= 11 is 0. The van der Waals surface area contributed by atoms with Crippen molar-refractivity contribution < 1.29 is 21.6 Å². The molecule has 1 heterocycles. The number of halogens is 3. The van der Waals surface area contributed by atoms with Crippen LogP contribution in [0.15, 0.2) is 41.4 Å². The van der Waals surface area contributed by atoms with Crippen molar-refractivity contribution in [2.24, 2.45) is 5.14 Å². The minimum atomic E-state index is -4.65. The van der Waals surface area contributed by atoms with Gasteiger partial charge in [0, 0.05) is 0 Å². The van der Waals surface area contributed by atoms with Crippen molar-refractivity contribution in [3.8, 4) is 5.69 Å². The number of primary sulfonamides is 1. The standard InChI is InChI=1S/C10H8F3N3O2S/c11-10(12,13)9-5-6-15-16(9)7-3-1-2-4-8(7)19(14,17)18/h1-6H,(H2,14,17,18). The lowest BCUT2D eigenvalue weighted by molar-refractivity contribution is -0.142. The summed E-state index contributed by atoms with van der Waals surface area (Å²) in [6, 6.07) is 5.82. The van der Waals surface area contributed by atoms with E-state index in [1.807, 2.05) is 0 Å². The summed E-state index contributed by atoms with van der Waals surface area (Å²) in [5.41, 5.74) is -1.33. The first-order valence-electron chi connectivity index (χ1n) is 4.94. The average molecular weight is 291 g/mol. The summed E-state index contributed by atoms with van der Waals surface area (Å²) in [6.45, 7) is 0. The molecule has 1 aromatic carbocycles. The number of benzene rings is 1. The van der Waals surface area contributed by atoms with Crippen molar-refractivity contribution in [3.05, 3.63) is 42.2 Å². The topological polar surface area (TPSA) is 78.0 Å². The van der Waals surface area contributed by atoms with Crippen LogP contribution in [-0.2, 0) is 16.2 Å². The molecular weight excluding hydrogens is 283 g/mol. The van der Waals surface area contributed by atoms with E-state index in [0.717, 1.165) is 18.3 Å². The van der Waals surface area contributed by atoms with Crippen LogP contribution in [0.5, 0.6) is 0 Å². The molecule has 0 aliphatic heterocycles. The highest BCUT2D eigenvalue weighted by atomic mass is 32.2.